The van der Waals surface area contributed by atoms with Gasteiger partial charge in [0.15, 0.2) is 5.13 Å². The zero-order chi connectivity index (χ0) is 15.1. The average molecular weight is 310 g/mol. The van der Waals surface area contributed by atoms with Crippen molar-refractivity contribution in [3.05, 3.63) is 10.6 Å². The topological polar surface area (TPSA) is 28.2 Å². The number of hydrogen-bond acceptors (Lipinski definition) is 4. The Morgan fingerprint density at radius 1 is 1.24 bits per heavy atom. The van der Waals surface area contributed by atoms with E-state index in [1.54, 1.807) is 0 Å². The van der Waals surface area contributed by atoms with Gasteiger partial charge in [0.1, 0.15) is 0 Å². The van der Waals surface area contributed by atoms with Crippen molar-refractivity contribution in [3.8, 4) is 0 Å². The monoisotopic (exact) mass is 309 g/mol. The van der Waals surface area contributed by atoms with Crippen LogP contribution < -0.4 is 10.2 Å². The lowest BCUT2D eigenvalue weighted by molar-refractivity contribution is 0.521. The molecule has 1 saturated heterocycles. The smallest absolute Gasteiger partial charge is 0.185 e. The number of thiazole rings is 1. The number of aryl methyl sites for hydroxylation is 1. The fourth-order valence-electron chi connectivity index (χ4n) is 2.91. The summed E-state index contributed by atoms with van der Waals surface area (Å²) in [5.41, 5.74) is 1.33. The van der Waals surface area contributed by atoms with E-state index in [9.17, 15) is 0 Å². The van der Waals surface area contributed by atoms with Crippen molar-refractivity contribution in [2.24, 2.45) is 5.92 Å². The largest absolute Gasteiger partial charge is 0.348 e. The van der Waals surface area contributed by atoms with Crippen molar-refractivity contribution >= 4 is 16.5 Å². The van der Waals surface area contributed by atoms with Crippen LogP contribution in [-0.4, -0.2) is 24.6 Å². The first-order valence-corrected chi connectivity index (χ1v) is 9.50. The summed E-state index contributed by atoms with van der Waals surface area (Å²) in [7, 11) is 0. The van der Waals surface area contributed by atoms with Gasteiger partial charge in [0.2, 0.25) is 0 Å². The number of rotatable bonds is 7. The third-order valence-corrected chi connectivity index (χ3v) is 5.41. The summed E-state index contributed by atoms with van der Waals surface area (Å²) in [4.78, 5) is 8.95. The van der Waals surface area contributed by atoms with Gasteiger partial charge < -0.3 is 10.2 Å². The number of nitrogens with one attached hydrogen (secondary N) is 1. The van der Waals surface area contributed by atoms with E-state index in [0.717, 1.165) is 25.4 Å². The highest BCUT2D eigenvalue weighted by molar-refractivity contribution is 7.15. The summed E-state index contributed by atoms with van der Waals surface area (Å²) in [5, 5.41) is 4.80. The molecule has 3 nitrogen and oxygen atoms in total. The highest BCUT2D eigenvalue weighted by atomic mass is 32.1. The van der Waals surface area contributed by atoms with Gasteiger partial charge in [-0.25, -0.2) is 4.98 Å². The molecule has 1 N–H and O–H groups in total. The van der Waals surface area contributed by atoms with Gasteiger partial charge in [0.25, 0.3) is 0 Å². The Hall–Kier alpha value is -0.610. The van der Waals surface area contributed by atoms with Gasteiger partial charge in [0, 0.05) is 24.5 Å². The zero-order valence-electron chi connectivity index (χ0n) is 14.0. The Balaban J connectivity index is 2.06. The minimum atomic E-state index is 0.871. The maximum atomic E-state index is 4.97. The van der Waals surface area contributed by atoms with Crippen LogP contribution in [0.3, 0.4) is 0 Å². The van der Waals surface area contributed by atoms with Crippen molar-refractivity contribution in [3.63, 3.8) is 0 Å². The Kier molecular flexibility index (Phi) is 6.97. The summed E-state index contributed by atoms with van der Waals surface area (Å²) >= 11 is 1.92. The average Bonchev–Trinajstić information content (AvgIpc) is 2.73. The highest BCUT2D eigenvalue weighted by Crippen LogP contribution is 2.30. The van der Waals surface area contributed by atoms with Gasteiger partial charge in [-0.05, 0) is 44.6 Å². The first kappa shape index (κ1) is 16.8. The van der Waals surface area contributed by atoms with E-state index in [4.69, 9.17) is 4.98 Å². The zero-order valence-corrected chi connectivity index (χ0v) is 14.8. The number of aromatic nitrogens is 1. The van der Waals surface area contributed by atoms with E-state index in [2.05, 4.69) is 31.0 Å². The molecule has 0 saturated carbocycles. The van der Waals surface area contributed by atoms with Gasteiger partial charge in [-0.1, -0.05) is 27.2 Å². The van der Waals surface area contributed by atoms with Gasteiger partial charge in [-0.3, -0.25) is 0 Å². The molecule has 4 heteroatoms. The Morgan fingerprint density at radius 2 is 2.10 bits per heavy atom. The van der Waals surface area contributed by atoms with Crippen LogP contribution in [0.25, 0.3) is 0 Å². The first-order chi connectivity index (χ1) is 10.2. The first-order valence-electron chi connectivity index (χ1n) is 8.68. The predicted octanol–water partition coefficient (Wildman–Crippen LogP) is 4.22. The molecule has 2 heterocycles. The molecule has 1 aliphatic rings. The fourth-order valence-corrected chi connectivity index (χ4v) is 4.04. The minimum absolute atomic E-state index is 0.871. The molecule has 0 aromatic carbocycles. The molecule has 0 radical (unpaired) electrons. The van der Waals surface area contributed by atoms with E-state index < -0.39 is 0 Å². The maximum Gasteiger partial charge on any atom is 0.185 e. The van der Waals surface area contributed by atoms with E-state index in [-0.39, 0.29) is 0 Å². The van der Waals surface area contributed by atoms with Crippen LogP contribution in [0.5, 0.6) is 0 Å². The van der Waals surface area contributed by atoms with Gasteiger partial charge in [0.05, 0.1) is 5.69 Å². The van der Waals surface area contributed by atoms with Crippen LogP contribution in [0.1, 0.15) is 63.4 Å². The lowest BCUT2D eigenvalue weighted by Crippen LogP contribution is -2.23. The molecule has 21 heavy (non-hydrogen) atoms. The molecule has 0 bridgehead atoms. The van der Waals surface area contributed by atoms with Gasteiger partial charge in [-0.15, -0.1) is 11.3 Å². The minimum Gasteiger partial charge on any atom is -0.348 e. The van der Waals surface area contributed by atoms with E-state index in [0.29, 0.717) is 0 Å². The van der Waals surface area contributed by atoms with Crippen LogP contribution in [-0.2, 0) is 13.0 Å². The molecule has 1 aromatic rings. The Labute approximate surface area is 134 Å². The standard InChI is InChI=1S/C17H31N3S/c1-4-7-15-16(13-18-10-5-2)21-17(19-15)20-11-6-8-14(3)9-12-20/h14,18H,4-13H2,1-3H3. The molecule has 1 unspecified atom stereocenters. The van der Waals surface area contributed by atoms with Crippen LogP contribution in [0, 0.1) is 5.92 Å². The maximum absolute atomic E-state index is 4.97. The molecular weight excluding hydrogens is 278 g/mol. The lowest BCUT2D eigenvalue weighted by Gasteiger charge is -2.18. The fraction of sp³-hybridized carbons (Fsp3) is 0.824. The Morgan fingerprint density at radius 3 is 2.86 bits per heavy atom. The second-order valence-electron chi connectivity index (χ2n) is 6.32. The normalized spacial score (nSPS) is 19.8. The van der Waals surface area contributed by atoms with Crippen molar-refractivity contribution in [1.29, 1.82) is 0 Å². The number of hydrogen-bond donors (Lipinski definition) is 1. The molecule has 2 rings (SSSR count). The Bertz CT molecular complexity index is 416. The summed E-state index contributed by atoms with van der Waals surface area (Å²) < 4.78 is 0. The van der Waals surface area contributed by atoms with Gasteiger partial charge in [-0.2, -0.15) is 0 Å². The van der Waals surface area contributed by atoms with Crippen molar-refractivity contribution in [2.45, 2.75) is 65.8 Å². The van der Waals surface area contributed by atoms with Crippen LogP contribution in [0.15, 0.2) is 0 Å². The molecule has 120 valence electrons. The predicted molar refractivity (Wildman–Crippen MR) is 93.3 cm³/mol. The van der Waals surface area contributed by atoms with Crippen molar-refractivity contribution in [1.82, 2.24) is 10.3 Å². The molecule has 0 spiro atoms. The van der Waals surface area contributed by atoms with E-state index >= 15 is 0 Å². The second-order valence-corrected chi connectivity index (χ2v) is 7.38. The van der Waals surface area contributed by atoms with Crippen LogP contribution >= 0.6 is 11.3 Å². The number of nitrogens with zero attached hydrogens (tertiary/aromatic N) is 2. The SMILES string of the molecule is CCCNCc1sc(N2CCCC(C)CC2)nc1CCC. The third-order valence-electron chi connectivity index (χ3n) is 4.25. The molecule has 0 amide bonds. The summed E-state index contributed by atoms with van der Waals surface area (Å²) in [6, 6.07) is 0. The highest BCUT2D eigenvalue weighted by Gasteiger charge is 2.19. The van der Waals surface area contributed by atoms with Crippen molar-refractivity contribution < 1.29 is 0 Å². The quantitative estimate of drug-likeness (QED) is 0.764. The van der Waals surface area contributed by atoms with E-state index in [1.807, 2.05) is 11.3 Å². The molecule has 0 aliphatic carbocycles. The molecule has 1 atom stereocenters. The number of anilines is 1. The molecule has 1 fully saturated rings. The van der Waals surface area contributed by atoms with Gasteiger partial charge >= 0.3 is 0 Å². The molecule has 1 aliphatic heterocycles. The lowest BCUT2D eigenvalue weighted by atomic mass is 10.0. The summed E-state index contributed by atoms with van der Waals surface area (Å²) in [6.07, 6.45) is 7.48. The second kappa shape index (κ2) is 8.74. The third kappa shape index (κ3) is 4.96. The molecular formula is C17H31N3S. The van der Waals surface area contributed by atoms with Crippen molar-refractivity contribution in [2.75, 3.05) is 24.5 Å². The molecule has 1 aromatic heterocycles. The van der Waals surface area contributed by atoms with Crippen LogP contribution in [0.2, 0.25) is 0 Å². The van der Waals surface area contributed by atoms with Crippen LogP contribution in [0.4, 0.5) is 5.13 Å². The summed E-state index contributed by atoms with van der Waals surface area (Å²) in [6.45, 7) is 11.3. The summed E-state index contributed by atoms with van der Waals surface area (Å²) in [5.74, 6) is 0.871. The van der Waals surface area contributed by atoms with E-state index in [1.165, 1.54) is 60.9 Å².